The molecule has 0 atom stereocenters. The number of carbonyl (C=O) groups excluding carboxylic acids is 1. The number of aromatic carboxylic acids is 4. The average molecular weight is 1160 g/mol. The van der Waals surface area contributed by atoms with E-state index in [-0.39, 0.29) is 80.5 Å². The molecule has 8 aromatic rings. The number of nitrogens with one attached hydrogen (secondary N) is 1. The number of carboxylic acid groups (broad SMARTS) is 5. The molecule has 0 aliphatic carbocycles. The fourth-order valence-electron chi connectivity index (χ4n) is 6.40. The Morgan fingerprint density at radius 3 is 1.31 bits per heavy atom. The third kappa shape index (κ3) is 21.4. The number of nitrogen functional groups attached to an aromatic ring is 2. The molecule has 1 amide bonds. The Morgan fingerprint density at radius 1 is 0.512 bits per heavy atom. The van der Waals surface area contributed by atoms with Gasteiger partial charge in [0.05, 0.1) is 33.4 Å². The Morgan fingerprint density at radius 2 is 0.925 bits per heavy atom. The molecule has 0 unspecified atom stereocenters. The molecule has 4 aromatic heterocycles. The van der Waals surface area contributed by atoms with Gasteiger partial charge < -0.3 is 63.8 Å². The second-order valence-electron chi connectivity index (χ2n) is 15.8. The molecule has 22 nitrogen and oxygen atoms in total. The number of hydrogen-bond acceptors (Lipinski definition) is 15. The second-order valence-corrected chi connectivity index (χ2v) is 17.0. The normalized spacial score (nSPS) is 9.70. The summed E-state index contributed by atoms with van der Waals surface area (Å²) in [7, 11) is 1.60. The lowest BCUT2D eigenvalue weighted by atomic mass is 10.0. The molecule has 0 aliphatic heterocycles. The van der Waals surface area contributed by atoms with Crippen molar-refractivity contribution in [3.63, 3.8) is 0 Å². The number of methoxy groups -OCH3 is 1. The number of aromatic nitrogens is 4. The minimum absolute atomic E-state index is 0. The minimum atomic E-state index is -1.15. The predicted molar refractivity (Wildman–Crippen MR) is 302 cm³/mol. The van der Waals surface area contributed by atoms with Crippen molar-refractivity contribution in [2.45, 2.75) is 25.7 Å². The van der Waals surface area contributed by atoms with Gasteiger partial charge in [-0.25, -0.2) is 19.2 Å². The lowest BCUT2D eigenvalue weighted by molar-refractivity contribution is -0.137. The van der Waals surface area contributed by atoms with Crippen LogP contribution < -0.4 is 27.7 Å². The molecule has 0 fully saturated rings. The van der Waals surface area contributed by atoms with E-state index in [9.17, 15) is 33.9 Å². The first kappa shape index (κ1) is 66.4. The maximum atomic E-state index is 12.2. The number of halogens is 3. The van der Waals surface area contributed by atoms with Gasteiger partial charge in [0.1, 0.15) is 28.2 Å². The van der Waals surface area contributed by atoms with Crippen molar-refractivity contribution in [2.24, 2.45) is 0 Å². The molecule has 418 valence electrons. The molecular formula is C55H53Cl3N8O14. The molecule has 0 spiro atoms. The van der Waals surface area contributed by atoms with Crippen LogP contribution in [0.25, 0.3) is 22.3 Å². The van der Waals surface area contributed by atoms with E-state index < -0.39 is 29.8 Å². The van der Waals surface area contributed by atoms with E-state index in [1.165, 1.54) is 79.9 Å². The number of carboxylic acids is 5. The quantitative estimate of drug-likeness (QED) is 0.0484. The molecule has 0 aliphatic rings. The number of nitrogens with two attached hydrogens (primary N) is 2. The number of aliphatic carboxylic acids is 1. The van der Waals surface area contributed by atoms with Crippen LogP contribution in [0.5, 0.6) is 11.5 Å². The van der Waals surface area contributed by atoms with Crippen LogP contribution in [-0.4, -0.2) is 98.9 Å². The van der Waals surface area contributed by atoms with Gasteiger partial charge in [-0.15, -0.1) is 0 Å². The number of amides is 1. The molecular weight excluding hydrogens is 1100 g/mol. The highest BCUT2D eigenvalue weighted by Gasteiger charge is 2.14. The van der Waals surface area contributed by atoms with Gasteiger partial charge in [-0.3, -0.25) is 29.5 Å². The van der Waals surface area contributed by atoms with Crippen molar-refractivity contribution in [3.8, 4) is 33.8 Å². The number of ether oxygens (including phenoxy) is 1. The molecule has 4 aromatic carbocycles. The Labute approximate surface area is 471 Å². The molecule has 0 radical (unpaired) electrons. The van der Waals surface area contributed by atoms with Crippen LogP contribution in [0.1, 0.15) is 65.4 Å². The van der Waals surface area contributed by atoms with Gasteiger partial charge >= 0.3 is 29.8 Å². The summed E-state index contributed by atoms with van der Waals surface area (Å²) in [4.78, 5) is 79.3. The summed E-state index contributed by atoms with van der Waals surface area (Å²) in [6.45, 7) is 0. The van der Waals surface area contributed by atoms with Crippen molar-refractivity contribution in [1.82, 2.24) is 26.1 Å². The maximum absolute atomic E-state index is 12.2. The molecule has 0 saturated heterocycles. The van der Waals surface area contributed by atoms with Crippen molar-refractivity contribution in [2.75, 3.05) is 23.9 Å². The van der Waals surface area contributed by atoms with E-state index in [4.69, 9.17) is 76.5 Å². The van der Waals surface area contributed by atoms with Crippen LogP contribution in [0.3, 0.4) is 0 Å². The van der Waals surface area contributed by atoms with Crippen molar-refractivity contribution in [3.05, 3.63) is 207 Å². The molecule has 25 heteroatoms. The lowest BCUT2D eigenvalue weighted by Crippen LogP contribution is -2.15. The molecule has 4 heterocycles. The zero-order valence-corrected chi connectivity index (χ0v) is 44.4. The largest absolute Gasteiger partial charge is 0.508 e. The first-order valence-electron chi connectivity index (χ1n) is 22.6. The lowest BCUT2D eigenvalue weighted by Gasteiger charge is -2.09. The van der Waals surface area contributed by atoms with E-state index in [0.717, 1.165) is 39.1 Å². The Bertz CT molecular complexity index is 3240. The van der Waals surface area contributed by atoms with E-state index in [1.54, 1.807) is 25.3 Å². The third-order valence-corrected chi connectivity index (χ3v) is 11.4. The summed E-state index contributed by atoms with van der Waals surface area (Å²) in [5.41, 5.74) is 17.0. The van der Waals surface area contributed by atoms with E-state index in [1.807, 2.05) is 60.7 Å². The number of pyridine rings is 4. The first-order chi connectivity index (χ1) is 37.2. The number of benzene rings is 4. The molecule has 8 rings (SSSR count). The van der Waals surface area contributed by atoms with Crippen molar-refractivity contribution >= 4 is 87.6 Å². The van der Waals surface area contributed by atoms with Crippen LogP contribution in [0, 0.1) is 0 Å². The van der Waals surface area contributed by atoms with Crippen LogP contribution >= 0.6 is 34.8 Å². The molecule has 80 heavy (non-hydrogen) atoms. The number of aromatic hydroxyl groups is 1. The topological polar surface area (TPSA) is 415 Å². The summed E-state index contributed by atoms with van der Waals surface area (Å²) in [5.74, 6) is -4.54. The predicted octanol–water partition coefficient (Wildman–Crippen LogP) is 9.90. The van der Waals surface area contributed by atoms with Gasteiger partial charge in [0.15, 0.2) is 0 Å². The average Bonchev–Trinajstić information content (AvgIpc) is 3.41. The first-order valence-corrected chi connectivity index (χ1v) is 23.7. The van der Waals surface area contributed by atoms with Gasteiger partial charge in [0.2, 0.25) is 5.91 Å². The van der Waals surface area contributed by atoms with Crippen molar-refractivity contribution < 1.29 is 69.6 Å². The van der Waals surface area contributed by atoms with E-state index in [0.29, 0.717) is 22.9 Å². The monoisotopic (exact) mass is 1150 g/mol. The van der Waals surface area contributed by atoms with Gasteiger partial charge in [0, 0.05) is 84.9 Å². The molecule has 16 N–H and O–H groups in total. The zero-order chi connectivity index (χ0) is 57.3. The van der Waals surface area contributed by atoms with Gasteiger partial charge in [-0.2, -0.15) is 0 Å². The number of carbonyl (C=O) groups is 6. The van der Waals surface area contributed by atoms with Crippen LogP contribution in [-0.2, 0) is 22.4 Å². The van der Waals surface area contributed by atoms with E-state index >= 15 is 0 Å². The highest BCUT2D eigenvalue weighted by atomic mass is 35.5. The second kappa shape index (κ2) is 33.4. The number of nitrogens with zero attached hydrogens (tertiary/aromatic N) is 4. The Kier molecular flexibility index (Phi) is 27.8. The molecule has 0 bridgehead atoms. The Balaban J connectivity index is 0.000000366. The highest BCUT2D eigenvalue weighted by molar-refractivity contribution is 6.34. The zero-order valence-electron chi connectivity index (χ0n) is 42.2. The van der Waals surface area contributed by atoms with E-state index in [2.05, 4.69) is 25.3 Å². The fourth-order valence-corrected chi connectivity index (χ4v) is 7.14. The summed E-state index contributed by atoms with van der Waals surface area (Å²) in [6, 6.07) is 31.5. The van der Waals surface area contributed by atoms with Gasteiger partial charge in [-0.05, 0) is 95.8 Å². The number of rotatable bonds is 14. The van der Waals surface area contributed by atoms with Crippen LogP contribution in [0.4, 0.5) is 17.1 Å². The summed E-state index contributed by atoms with van der Waals surface area (Å²) < 4.78 is 5.12. The van der Waals surface area contributed by atoms with Crippen LogP contribution in [0.2, 0.25) is 15.1 Å². The smallest absolute Gasteiger partial charge is 0.339 e. The summed E-state index contributed by atoms with van der Waals surface area (Å²) >= 11 is 17.9. The molecule has 0 saturated carbocycles. The fraction of sp³-hybridized carbons (Fsp3) is 0.0909. The SMILES string of the molecule is COc1ccc(-c2ccc(CCC(=O)O)cc2)c(Cl)c1.N.Nc1ccncc1C(=O)O.Nc1ccncc1C(=O)O.O.O=C(CCc1ccc(-c2ccc(O)cc2Cl)cc1)Nc1ccncc1C(=O)O.O=C(O)c1cnccc1Cl. The maximum Gasteiger partial charge on any atom is 0.339 e. The van der Waals surface area contributed by atoms with Crippen LogP contribution in [0.15, 0.2) is 159 Å². The van der Waals surface area contributed by atoms with Gasteiger partial charge in [-0.1, -0.05) is 83.3 Å². The summed E-state index contributed by atoms with van der Waals surface area (Å²) in [6.07, 6.45) is 12.0. The number of phenols is 1. The number of hydrogen-bond donors (Lipinski definition) is 10. The highest BCUT2D eigenvalue weighted by Crippen LogP contribution is 2.32. The number of phenolic OH excluding ortho intramolecular Hbond substituents is 1. The van der Waals surface area contributed by atoms with Gasteiger partial charge in [0.25, 0.3) is 0 Å². The number of anilines is 3. The summed E-state index contributed by atoms with van der Waals surface area (Å²) in [5, 5.41) is 56.5. The minimum Gasteiger partial charge on any atom is -0.508 e. The van der Waals surface area contributed by atoms with Crippen molar-refractivity contribution in [1.29, 1.82) is 0 Å². The third-order valence-electron chi connectivity index (χ3n) is 10.4. The Hall–Kier alpha value is -9.71. The standard InChI is InChI=1S/C21H17ClN2O4.C16H15ClO3.C6H4ClNO2.2C6H6N2O2.H3N.H2O/c22-18-11-15(25)6-7-16(18)14-4-1-13(2-5-14)3-8-20(26)24-19-9-10-23-12-17(19)21(27)28;1-20-13-7-8-14(15(17)10-13)12-5-2-11(3-6-12)4-9-16(18)19;3*7-5-1-2-8-3-4(5)6(9)10;;/h1-2,4-7,9-12,25H,3,8H2,(H,27,28)(H,23,24,26);2-3,5-8,10H,4,9H2,1H3,(H,18,19);1-3H,(H,9,10);2*1-3H,(H2,7,8)(H,9,10);1H3;1H2. The number of aryl methyl sites for hydroxylation is 2.